The molecule has 1 fully saturated rings. The standard InChI is InChI=1S/C19H24FN3O2/c1-13-10-15(11-21-19(24)22-12-18-4-3-9-25-18)14(2)23(13)17-7-5-16(20)6-8-17/h5-8,10,18H,3-4,9,11-12H2,1-2H3,(H2,21,22,24). The summed E-state index contributed by atoms with van der Waals surface area (Å²) in [6, 6.07) is 8.25. The Bertz CT molecular complexity index is 734. The topological polar surface area (TPSA) is 55.3 Å². The predicted octanol–water partition coefficient (Wildman–Crippen LogP) is 3.21. The zero-order valence-corrected chi connectivity index (χ0v) is 14.6. The second kappa shape index (κ2) is 7.70. The lowest BCUT2D eigenvalue weighted by Crippen LogP contribution is -2.39. The molecule has 2 amide bonds. The van der Waals surface area contributed by atoms with E-state index in [1.807, 2.05) is 19.9 Å². The summed E-state index contributed by atoms with van der Waals surface area (Å²) in [5, 5.41) is 5.74. The summed E-state index contributed by atoms with van der Waals surface area (Å²) in [6.07, 6.45) is 2.19. The lowest BCUT2D eigenvalue weighted by Gasteiger charge is -2.12. The van der Waals surface area contributed by atoms with E-state index in [-0.39, 0.29) is 18.0 Å². The highest BCUT2D eigenvalue weighted by atomic mass is 19.1. The number of carbonyl (C=O) groups excluding carboxylic acids is 1. The van der Waals surface area contributed by atoms with Crippen molar-refractivity contribution in [3.05, 3.63) is 53.1 Å². The molecule has 6 heteroatoms. The van der Waals surface area contributed by atoms with Crippen LogP contribution in [0.1, 0.15) is 29.8 Å². The zero-order valence-electron chi connectivity index (χ0n) is 14.6. The fourth-order valence-corrected chi connectivity index (χ4v) is 3.25. The van der Waals surface area contributed by atoms with E-state index in [0.717, 1.165) is 42.1 Å². The number of amides is 2. The van der Waals surface area contributed by atoms with Gasteiger partial charge in [0, 0.05) is 36.8 Å². The van der Waals surface area contributed by atoms with Crippen LogP contribution in [0.3, 0.4) is 0 Å². The van der Waals surface area contributed by atoms with Crippen LogP contribution in [0.4, 0.5) is 9.18 Å². The number of hydrogen-bond acceptors (Lipinski definition) is 2. The summed E-state index contributed by atoms with van der Waals surface area (Å²) in [5.41, 5.74) is 4.02. The summed E-state index contributed by atoms with van der Waals surface area (Å²) in [6.45, 7) is 5.76. The first-order valence-electron chi connectivity index (χ1n) is 8.61. The van der Waals surface area contributed by atoms with Gasteiger partial charge in [0.15, 0.2) is 0 Å². The van der Waals surface area contributed by atoms with Crippen LogP contribution in [0.25, 0.3) is 5.69 Å². The number of ether oxygens (including phenoxy) is 1. The van der Waals surface area contributed by atoms with E-state index >= 15 is 0 Å². The van der Waals surface area contributed by atoms with Crippen LogP contribution in [0, 0.1) is 19.7 Å². The number of carbonyl (C=O) groups is 1. The molecule has 1 unspecified atom stereocenters. The Morgan fingerprint density at radius 2 is 2.04 bits per heavy atom. The van der Waals surface area contributed by atoms with Crippen molar-refractivity contribution in [2.45, 2.75) is 39.3 Å². The maximum atomic E-state index is 13.1. The Morgan fingerprint density at radius 3 is 2.72 bits per heavy atom. The highest BCUT2D eigenvalue weighted by Crippen LogP contribution is 2.21. The molecule has 1 aliphatic rings. The Balaban J connectivity index is 1.60. The Hall–Kier alpha value is -2.34. The van der Waals surface area contributed by atoms with Gasteiger partial charge in [-0.15, -0.1) is 0 Å². The van der Waals surface area contributed by atoms with E-state index in [0.29, 0.717) is 13.1 Å². The molecule has 3 rings (SSSR count). The van der Waals surface area contributed by atoms with Crippen LogP contribution in [-0.2, 0) is 11.3 Å². The number of halogens is 1. The first kappa shape index (κ1) is 17.5. The molecule has 0 saturated carbocycles. The average molecular weight is 345 g/mol. The number of nitrogens with zero attached hydrogens (tertiary/aromatic N) is 1. The number of hydrogen-bond donors (Lipinski definition) is 2. The minimum atomic E-state index is -0.254. The Morgan fingerprint density at radius 1 is 1.28 bits per heavy atom. The number of nitrogens with one attached hydrogen (secondary N) is 2. The average Bonchev–Trinajstić information content (AvgIpc) is 3.20. The third-order valence-electron chi connectivity index (χ3n) is 4.57. The molecule has 1 aromatic carbocycles. The van der Waals surface area contributed by atoms with Crippen LogP contribution >= 0.6 is 0 Å². The molecular formula is C19H24FN3O2. The minimum absolute atomic E-state index is 0.134. The van der Waals surface area contributed by atoms with Crippen LogP contribution in [0.5, 0.6) is 0 Å². The van der Waals surface area contributed by atoms with Crippen molar-refractivity contribution in [2.75, 3.05) is 13.2 Å². The van der Waals surface area contributed by atoms with Gasteiger partial charge >= 0.3 is 6.03 Å². The van der Waals surface area contributed by atoms with E-state index in [2.05, 4.69) is 15.2 Å². The second-order valence-corrected chi connectivity index (χ2v) is 6.41. The van der Waals surface area contributed by atoms with E-state index in [1.54, 1.807) is 12.1 Å². The van der Waals surface area contributed by atoms with Gasteiger partial charge in [-0.3, -0.25) is 0 Å². The summed E-state index contributed by atoms with van der Waals surface area (Å²) in [4.78, 5) is 12.0. The van der Waals surface area contributed by atoms with Gasteiger partial charge in [0.1, 0.15) is 5.82 Å². The van der Waals surface area contributed by atoms with Gasteiger partial charge in [-0.05, 0) is 62.6 Å². The van der Waals surface area contributed by atoms with Gasteiger partial charge in [-0.2, -0.15) is 0 Å². The number of aryl methyl sites for hydroxylation is 1. The molecule has 0 bridgehead atoms. The predicted molar refractivity (Wildman–Crippen MR) is 94.4 cm³/mol. The van der Waals surface area contributed by atoms with Crippen LogP contribution in [0.15, 0.2) is 30.3 Å². The smallest absolute Gasteiger partial charge is 0.315 e. The summed E-state index contributed by atoms with van der Waals surface area (Å²) in [7, 11) is 0. The largest absolute Gasteiger partial charge is 0.376 e. The van der Waals surface area contributed by atoms with Crippen LogP contribution in [-0.4, -0.2) is 29.9 Å². The summed E-state index contributed by atoms with van der Waals surface area (Å²) >= 11 is 0. The third-order valence-corrected chi connectivity index (χ3v) is 4.57. The maximum absolute atomic E-state index is 13.1. The molecule has 2 N–H and O–H groups in total. The van der Waals surface area contributed by atoms with Gasteiger partial charge in [-0.1, -0.05) is 0 Å². The fraction of sp³-hybridized carbons (Fsp3) is 0.421. The lowest BCUT2D eigenvalue weighted by molar-refractivity contribution is 0.111. The highest BCUT2D eigenvalue weighted by Gasteiger charge is 2.16. The first-order valence-corrected chi connectivity index (χ1v) is 8.61. The Labute approximate surface area is 147 Å². The molecule has 1 aliphatic heterocycles. The normalized spacial score (nSPS) is 16.8. The van der Waals surface area contributed by atoms with Gasteiger partial charge in [0.2, 0.25) is 0 Å². The molecule has 1 aromatic heterocycles. The van der Waals surface area contributed by atoms with Crippen LogP contribution in [0.2, 0.25) is 0 Å². The lowest BCUT2D eigenvalue weighted by atomic mass is 10.2. The zero-order chi connectivity index (χ0) is 17.8. The number of urea groups is 1. The number of benzene rings is 1. The van der Waals surface area contributed by atoms with Gasteiger partial charge in [-0.25, -0.2) is 9.18 Å². The van der Waals surface area contributed by atoms with Crippen molar-refractivity contribution in [3.8, 4) is 5.69 Å². The van der Waals surface area contributed by atoms with Crippen molar-refractivity contribution in [2.24, 2.45) is 0 Å². The van der Waals surface area contributed by atoms with Crippen molar-refractivity contribution in [1.29, 1.82) is 0 Å². The first-order chi connectivity index (χ1) is 12.0. The molecule has 134 valence electrons. The fourth-order valence-electron chi connectivity index (χ4n) is 3.25. The number of rotatable bonds is 5. The quantitative estimate of drug-likeness (QED) is 0.874. The van der Waals surface area contributed by atoms with Crippen LogP contribution < -0.4 is 10.6 Å². The number of aromatic nitrogens is 1. The van der Waals surface area contributed by atoms with Gasteiger partial charge in [0.05, 0.1) is 6.10 Å². The van der Waals surface area contributed by atoms with Crippen molar-refractivity contribution in [1.82, 2.24) is 15.2 Å². The Kier molecular flexibility index (Phi) is 5.38. The molecule has 5 nitrogen and oxygen atoms in total. The third kappa shape index (κ3) is 4.20. The second-order valence-electron chi connectivity index (χ2n) is 6.41. The molecule has 2 aromatic rings. The molecule has 0 aliphatic carbocycles. The maximum Gasteiger partial charge on any atom is 0.315 e. The van der Waals surface area contributed by atoms with Crippen molar-refractivity contribution >= 4 is 6.03 Å². The van der Waals surface area contributed by atoms with Crippen molar-refractivity contribution in [3.63, 3.8) is 0 Å². The van der Waals surface area contributed by atoms with E-state index in [9.17, 15) is 9.18 Å². The molecule has 1 atom stereocenters. The van der Waals surface area contributed by atoms with Gasteiger partial charge < -0.3 is 19.9 Å². The molecule has 25 heavy (non-hydrogen) atoms. The molecule has 0 spiro atoms. The SMILES string of the molecule is Cc1cc(CNC(=O)NCC2CCCO2)c(C)n1-c1ccc(F)cc1. The van der Waals surface area contributed by atoms with Crippen molar-refractivity contribution < 1.29 is 13.9 Å². The van der Waals surface area contributed by atoms with E-state index in [4.69, 9.17) is 4.74 Å². The minimum Gasteiger partial charge on any atom is -0.376 e. The van der Waals surface area contributed by atoms with E-state index in [1.165, 1.54) is 12.1 Å². The van der Waals surface area contributed by atoms with E-state index < -0.39 is 0 Å². The summed E-state index contributed by atoms with van der Waals surface area (Å²) in [5.74, 6) is -0.254. The highest BCUT2D eigenvalue weighted by molar-refractivity contribution is 5.73. The monoisotopic (exact) mass is 345 g/mol. The molecule has 1 saturated heterocycles. The van der Waals surface area contributed by atoms with Gasteiger partial charge in [0.25, 0.3) is 0 Å². The summed E-state index contributed by atoms with van der Waals surface area (Å²) < 4.78 is 20.7. The molecule has 2 heterocycles. The molecular weight excluding hydrogens is 321 g/mol. The molecule has 0 radical (unpaired) electrons.